The number of likely N-dealkylation sites (N-methyl/N-ethyl adjacent to an activating group) is 1. The van der Waals surface area contributed by atoms with Crippen molar-refractivity contribution in [3.05, 3.63) is 65.7 Å². The summed E-state index contributed by atoms with van der Waals surface area (Å²) in [6.07, 6.45) is 2.20. The lowest BCUT2D eigenvalue weighted by Crippen LogP contribution is -2.47. The maximum Gasteiger partial charge on any atom is 0.220 e. The van der Waals surface area contributed by atoms with E-state index in [-0.39, 0.29) is 5.91 Å². The molecule has 3 rings (SSSR count). The van der Waals surface area contributed by atoms with Crippen molar-refractivity contribution in [2.75, 3.05) is 53.5 Å². The van der Waals surface area contributed by atoms with Crippen LogP contribution in [-0.4, -0.2) is 69.2 Å². The number of amides is 1. The van der Waals surface area contributed by atoms with Gasteiger partial charge >= 0.3 is 0 Å². The maximum absolute atomic E-state index is 12.1. The molecule has 2 aromatic rings. The second-order valence-corrected chi connectivity index (χ2v) is 8.43. The van der Waals surface area contributed by atoms with Crippen molar-refractivity contribution in [1.82, 2.24) is 15.1 Å². The lowest BCUT2D eigenvalue weighted by Gasteiger charge is -2.40. The van der Waals surface area contributed by atoms with Crippen molar-refractivity contribution < 1.29 is 14.3 Å². The molecule has 174 valence electrons. The Kier molecular flexibility index (Phi) is 10.0. The van der Waals surface area contributed by atoms with E-state index in [4.69, 9.17) is 9.47 Å². The Morgan fingerprint density at radius 1 is 1.06 bits per heavy atom. The van der Waals surface area contributed by atoms with Crippen LogP contribution in [0.15, 0.2) is 54.6 Å². The van der Waals surface area contributed by atoms with Gasteiger partial charge in [-0.25, -0.2) is 0 Å². The van der Waals surface area contributed by atoms with E-state index < -0.39 is 0 Å². The monoisotopic (exact) mass is 439 g/mol. The number of nitrogens with one attached hydrogen (secondary N) is 1. The van der Waals surface area contributed by atoms with Gasteiger partial charge in [0.15, 0.2) is 0 Å². The van der Waals surface area contributed by atoms with Gasteiger partial charge in [-0.15, -0.1) is 0 Å². The number of hydrogen-bond donors (Lipinski definition) is 1. The normalized spacial score (nSPS) is 17.2. The van der Waals surface area contributed by atoms with Crippen LogP contribution >= 0.6 is 0 Å². The molecule has 1 amide bonds. The number of ether oxygens (including phenoxy) is 2. The third-order valence-electron chi connectivity index (χ3n) is 5.94. The van der Waals surface area contributed by atoms with E-state index in [0.717, 1.165) is 56.9 Å². The molecule has 6 heteroatoms. The van der Waals surface area contributed by atoms with Gasteiger partial charge in [0.1, 0.15) is 5.75 Å². The summed E-state index contributed by atoms with van der Waals surface area (Å²) in [5.41, 5.74) is 2.48. The number of hydrogen-bond acceptors (Lipinski definition) is 5. The first-order chi connectivity index (χ1) is 15.7. The van der Waals surface area contributed by atoms with Gasteiger partial charge in [0.2, 0.25) is 5.91 Å². The van der Waals surface area contributed by atoms with E-state index in [1.807, 2.05) is 24.3 Å². The lowest BCUT2D eigenvalue weighted by molar-refractivity contribution is -0.121. The molecule has 0 aliphatic carbocycles. The molecule has 1 unspecified atom stereocenters. The molecule has 32 heavy (non-hydrogen) atoms. The minimum absolute atomic E-state index is 0.107. The van der Waals surface area contributed by atoms with Gasteiger partial charge in [0.25, 0.3) is 0 Å². The van der Waals surface area contributed by atoms with Crippen molar-refractivity contribution in [3.8, 4) is 5.75 Å². The molecule has 2 aromatic carbocycles. The van der Waals surface area contributed by atoms with E-state index in [0.29, 0.717) is 25.7 Å². The molecule has 0 radical (unpaired) electrons. The van der Waals surface area contributed by atoms with Gasteiger partial charge in [-0.05, 0) is 43.1 Å². The average molecular weight is 440 g/mol. The molecule has 1 aliphatic rings. The van der Waals surface area contributed by atoms with Crippen LogP contribution < -0.4 is 10.1 Å². The van der Waals surface area contributed by atoms with Crippen molar-refractivity contribution >= 4 is 5.91 Å². The minimum Gasteiger partial charge on any atom is -0.497 e. The second-order valence-electron chi connectivity index (χ2n) is 8.43. The van der Waals surface area contributed by atoms with Crippen molar-refractivity contribution in [2.45, 2.75) is 31.9 Å². The summed E-state index contributed by atoms with van der Waals surface area (Å²) in [6.45, 7) is 6.06. The SMILES string of the molecule is COc1ccc(COCCCC(=O)NCCCN2CCN(C)CC2c2ccccc2)cc1. The Morgan fingerprint density at radius 3 is 2.59 bits per heavy atom. The Balaban J connectivity index is 1.27. The Morgan fingerprint density at radius 2 is 1.84 bits per heavy atom. The molecule has 0 aromatic heterocycles. The van der Waals surface area contributed by atoms with Crippen LogP contribution in [0.4, 0.5) is 0 Å². The highest BCUT2D eigenvalue weighted by molar-refractivity contribution is 5.75. The third-order valence-corrected chi connectivity index (χ3v) is 5.94. The minimum atomic E-state index is 0.107. The van der Waals surface area contributed by atoms with Crippen molar-refractivity contribution in [1.29, 1.82) is 0 Å². The molecule has 1 saturated heterocycles. The zero-order chi connectivity index (χ0) is 22.6. The Labute approximate surface area is 192 Å². The van der Waals surface area contributed by atoms with Crippen molar-refractivity contribution in [2.24, 2.45) is 0 Å². The molecule has 1 N–H and O–H groups in total. The predicted octanol–water partition coefficient (Wildman–Crippen LogP) is 3.49. The number of nitrogens with zero attached hydrogens (tertiary/aromatic N) is 2. The second kappa shape index (κ2) is 13.2. The van der Waals surface area contributed by atoms with Gasteiger partial charge in [-0.3, -0.25) is 9.69 Å². The van der Waals surface area contributed by atoms with E-state index in [1.54, 1.807) is 7.11 Å². The van der Waals surface area contributed by atoms with Crippen LogP contribution in [0, 0.1) is 0 Å². The fraction of sp³-hybridized carbons (Fsp3) is 0.500. The summed E-state index contributed by atoms with van der Waals surface area (Å²) in [5, 5.41) is 3.06. The third kappa shape index (κ3) is 7.93. The molecular formula is C26H37N3O3. The molecule has 1 atom stereocenters. The fourth-order valence-electron chi connectivity index (χ4n) is 4.06. The van der Waals surface area contributed by atoms with Crippen LogP contribution in [0.2, 0.25) is 0 Å². The average Bonchev–Trinajstić information content (AvgIpc) is 2.83. The quantitative estimate of drug-likeness (QED) is 0.513. The molecule has 6 nitrogen and oxygen atoms in total. The van der Waals surface area contributed by atoms with Gasteiger partial charge in [-0.2, -0.15) is 0 Å². The molecule has 0 bridgehead atoms. The van der Waals surface area contributed by atoms with E-state index in [9.17, 15) is 4.79 Å². The van der Waals surface area contributed by atoms with Gasteiger partial charge in [0.05, 0.1) is 13.7 Å². The van der Waals surface area contributed by atoms with Crippen molar-refractivity contribution in [3.63, 3.8) is 0 Å². The smallest absolute Gasteiger partial charge is 0.220 e. The van der Waals surface area contributed by atoms with Gasteiger partial charge in [-0.1, -0.05) is 42.5 Å². The summed E-state index contributed by atoms with van der Waals surface area (Å²) < 4.78 is 10.8. The van der Waals surface area contributed by atoms with Crippen LogP contribution in [-0.2, 0) is 16.1 Å². The van der Waals surface area contributed by atoms with Gasteiger partial charge in [0, 0.05) is 51.8 Å². The van der Waals surface area contributed by atoms with E-state index in [1.165, 1.54) is 5.56 Å². The first-order valence-corrected chi connectivity index (χ1v) is 11.6. The number of benzene rings is 2. The molecule has 0 spiro atoms. The van der Waals surface area contributed by atoms with E-state index in [2.05, 4.69) is 52.5 Å². The number of carbonyl (C=O) groups is 1. The molecular weight excluding hydrogens is 402 g/mol. The van der Waals surface area contributed by atoms with Gasteiger partial charge < -0.3 is 19.7 Å². The van der Waals surface area contributed by atoms with Crippen LogP contribution in [0.5, 0.6) is 5.75 Å². The maximum atomic E-state index is 12.1. The summed E-state index contributed by atoms with van der Waals surface area (Å²) in [5.74, 6) is 0.949. The Hall–Kier alpha value is -2.41. The molecule has 1 fully saturated rings. The topological polar surface area (TPSA) is 54.0 Å². The first kappa shape index (κ1) is 24.2. The number of carbonyl (C=O) groups excluding carboxylic acids is 1. The largest absolute Gasteiger partial charge is 0.497 e. The first-order valence-electron chi connectivity index (χ1n) is 11.6. The highest BCUT2D eigenvalue weighted by Gasteiger charge is 2.25. The zero-order valence-electron chi connectivity index (χ0n) is 19.5. The number of methoxy groups -OCH3 is 1. The zero-order valence-corrected chi connectivity index (χ0v) is 19.5. The molecule has 0 saturated carbocycles. The summed E-state index contributed by atoms with van der Waals surface area (Å²) in [6, 6.07) is 19.0. The Bertz CT molecular complexity index is 798. The summed E-state index contributed by atoms with van der Waals surface area (Å²) >= 11 is 0. The molecule has 1 aliphatic heterocycles. The standard InChI is InChI=1S/C26H37N3O3/c1-28-17-18-29(25(20-28)23-8-4-3-5-9-23)16-7-15-27-26(30)10-6-19-32-21-22-11-13-24(31-2)14-12-22/h3-5,8-9,11-14,25H,6-7,10,15-21H2,1-2H3,(H,27,30). The lowest BCUT2D eigenvalue weighted by atomic mass is 10.0. The number of piperazine rings is 1. The van der Waals surface area contributed by atoms with Crippen LogP contribution in [0.3, 0.4) is 0 Å². The highest BCUT2D eigenvalue weighted by Crippen LogP contribution is 2.24. The molecule has 1 heterocycles. The van der Waals surface area contributed by atoms with E-state index >= 15 is 0 Å². The summed E-state index contributed by atoms with van der Waals surface area (Å²) in [4.78, 5) is 17.1. The highest BCUT2D eigenvalue weighted by atomic mass is 16.5. The van der Waals surface area contributed by atoms with Crippen LogP contribution in [0.25, 0.3) is 0 Å². The fourth-order valence-corrected chi connectivity index (χ4v) is 4.06. The van der Waals surface area contributed by atoms with Crippen LogP contribution in [0.1, 0.15) is 36.4 Å². The predicted molar refractivity (Wildman–Crippen MR) is 128 cm³/mol. The number of rotatable bonds is 12. The summed E-state index contributed by atoms with van der Waals surface area (Å²) in [7, 11) is 3.85.